The highest BCUT2D eigenvalue weighted by molar-refractivity contribution is 8.15. The van der Waals surface area contributed by atoms with Gasteiger partial charge in [0.25, 0.3) is 0 Å². The topological polar surface area (TPSA) is 71.0 Å². The summed E-state index contributed by atoms with van der Waals surface area (Å²) in [7, 11) is 1.59. The molecule has 9 heteroatoms. The van der Waals surface area contributed by atoms with Crippen LogP contribution in [0, 0.1) is 0 Å². The van der Waals surface area contributed by atoms with Gasteiger partial charge in [0.1, 0.15) is 11.0 Å². The van der Waals surface area contributed by atoms with E-state index in [9.17, 15) is 9.59 Å². The molecule has 6 nitrogen and oxygen atoms in total. The number of aliphatic imine (C=N–C) groups is 1. The van der Waals surface area contributed by atoms with E-state index >= 15 is 0 Å². The van der Waals surface area contributed by atoms with Gasteiger partial charge in [0.2, 0.25) is 11.8 Å². The fourth-order valence-corrected chi connectivity index (χ4v) is 4.81. The van der Waals surface area contributed by atoms with E-state index in [4.69, 9.17) is 27.9 Å². The lowest BCUT2D eigenvalue weighted by Crippen LogP contribution is -2.44. The van der Waals surface area contributed by atoms with Gasteiger partial charge in [0.05, 0.1) is 30.1 Å². The highest BCUT2D eigenvalue weighted by atomic mass is 35.5. The molecule has 0 spiro atoms. The van der Waals surface area contributed by atoms with Crippen LogP contribution >= 0.6 is 35.0 Å². The number of rotatable bonds is 6. The summed E-state index contributed by atoms with van der Waals surface area (Å²) in [6, 6.07) is 21.5. The number of hydrogen-bond acceptors (Lipinski definition) is 5. The molecule has 2 amide bonds. The van der Waals surface area contributed by atoms with E-state index in [1.165, 1.54) is 11.8 Å². The minimum atomic E-state index is -0.664. The van der Waals surface area contributed by atoms with Gasteiger partial charge in [0, 0.05) is 11.4 Å². The highest BCUT2D eigenvalue weighted by Crippen LogP contribution is 2.33. The first-order valence-corrected chi connectivity index (χ1v) is 12.1. The Morgan fingerprint density at radius 1 is 1.06 bits per heavy atom. The third kappa shape index (κ3) is 5.73. The number of para-hydroxylation sites is 1. The number of hydrogen-bond donors (Lipinski definition) is 1. The summed E-state index contributed by atoms with van der Waals surface area (Å²) in [5, 5.41) is 3.56. The van der Waals surface area contributed by atoms with Crippen molar-refractivity contribution in [2.45, 2.75) is 18.2 Å². The van der Waals surface area contributed by atoms with Crippen molar-refractivity contribution >= 4 is 63.3 Å². The summed E-state index contributed by atoms with van der Waals surface area (Å²) in [5.74, 6) is 0.165. The molecule has 1 fully saturated rings. The second kappa shape index (κ2) is 11.0. The molecule has 34 heavy (non-hydrogen) atoms. The molecule has 1 heterocycles. The van der Waals surface area contributed by atoms with E-state index in [0.717, 1.165) is 5.56 Å². The van der Waals surface area contributed by atoms with Gasteiger partial charge in [-0.3, -0.25) is 14.5 Å². The van der Waals surface area contributed by atoms with Gasteiger partial charge in [-0.05, 0) is 48.0 Å². The van der Waals surface area contributed by atoms with Crippen LogP contribution in [0.2, 0.25) is 10.0 Å². The molecule has 3 aromatic rings. The fourth-order valence-electron chi connectivity index (χ4n) is 3.34. The molecule has 0 bridgehead atoms. The maximum atomic E-state index is 13.2. The number of benzene rings is 3. The monoisotopic (exact) mass is 513 g/mol. The van der Waals surface area contributed by atoms with Crippen molar-refractivity contribution in [3.63, 3.8) is 0 Å². The van der Waals surface area contributed by atoms with Crippen LogP contribution in [0.3, 0.4) is 0 Å². The third-order valence-corrected chi connectivity index (χ3v) is 7.03. The third-order valence-electron chi connectivity index (χ3n) is 5.15. The first kappa shape index (κ1) is 24.1. The SMILES string of the molecule is COc1ccc(N=C2S[C@@H](C(=O)Nc3ccccc3Cl)CC(=O)N2Cc2ccccc2Cl)cc1. The number of nitrogens with zero attached hydrogens (tertiary/aromatic N) is 2. The van der Waals surface area contributed by atoms with Crippen molar-refractivity contribution < 1.29 is 14.3 Å². The Kier molecular flexibility index (Phi) is 7.77. The highest BCUT2D eigenvalue weighted by Gasteiger charge is 2.36. The lowest BCUT2D eigenvalue weighted by atomic mass is 10.2. The zero-order chi connectivity index (χ0) is 24.1. The Morgan fingerprint density at radius 2 is 1.74 bits per heavy atom. The molecule has 1 N–H and O–H groups in total. The van der Waals surface area contributed by atoms with E-state index in [-0.39, 0.29) is 24.8 Å². The Labute approximate surface area is 211 Å². The average Bonchev–Trinajstić information content (AvgIpc) is 2.84. The minimum absolute atomic E-state index is 0.0209. The number of anilines is 1. The van der Waals surface area contributed by atoms with E-state index < -0.39 is 5.25 Å². The van der Waals surface area contributed by atoms with Gasteiger partial charge in [-0.2, -0.15) is 0 Å². The van der Waals surface area contributed by atoms with Crippen molar-refractivity contribution in [2.75, 3.05) is 12.4 Å². The fraction of sp³-hybridized carbons (Fsp3) is 0.160. The summed E-state index contributed by atoms with van der Waals surface area (Å²) in [6.45, 7) is 0.249. The molecule has 0 aromatic heterocycles. The molecule has 1 saturated heterocycles. The molecular weight excluding hydrogens is 493 g/mol. The van der Waals surface area contributed by atoms with Gasteiger partial charge in [-0.15, -0.1) is 0 Å². The molecule has 1 aliphatic rings. The number of amides is 2. The number of amidine groups is 1. The van der Waals surface area contributed by atoms with Crippen LogP contribution in [-0.4, -0.2) is 34.2 Å². The number of halogens is 2. The molecule has 1 atom stereocenters. The number of nitrogens with one attached hydrogen (secondary N) is 1. The lowest BCUT2D eigenvalue weighted by molar-refractivity contribution is -0.129. The molecule has 0 aliphatic carbocycles. The Morgan fingerprint density at radius 3 is 2.41 bits per heavy atom. The van der Waals surface area contributed by atoms with Crippen molar-refractivity contribution in [3.8, 4) is 5.75 Å². The first-order valence-electron chi connectivity index (χ1n) is 10.4. The van der Waals surface area contributed by atoms with Crippen molar-refractivity contribution in [1.29, 1.82) is 0 Å². The molecule has 0 saturated carbocycles. The van der Waals surface area contributed by atoms with Gasteiger partial charge in [-0.1, -0.05) is 65.3 Å². The maximum absolute atomic E-state index is 13.2. The van der Waals surface area contributed by atoms with Crippen LogP contribution in [0.5, 0.6) is 5.75 Å². The normalized spacial score (nSPS) is 17.0. The van der Waals surface area contributed by atoms with Gasteiger partial charge >= 0.3 is 0 Å². The van der Waals surface area contributed by atoms with Crippen molar-refractivity contribution in [1.82, 2.24) is 4.90 Å². The zero-order valence-electron chi connectivity index (χ0n) is 18.2. The van der Waals surface area contributed by atoms with E-state index in [0.29, 0.717) is 32.3 Å². The van der Waals surface area contributed by atoms with Crippen LogP contribution in [0.15, 0.2) is 77.8 Å². The molecule has 4 rings (SSSR count). The van der Waals surface area contributed by atoms with Crippen molar-refractivity contribution in [2.24, 2.45) is 4.99 Å². The number of thioether (sulfide) groups is 1. The predicted molar refractivity (Wildman–Crippen MR) is 138 cm³/mol. The molecular formula is C25H21Cl2N3O3S. The van der Waals surface area contributed by atoms with Crippen LogP contribution in [0.1, 0.15) is 12.0 Å². The molecule has 0 unspecified atom stereocenters. The number of methoxy groups -OCH3 is 1. The van der Waals surface area contributed by atoms with Crippen LogP contribution in [-0.2, 0) is 16.1 Å². The van der Waals surface area contributed by atoms with Gasteiger partial charge in [0.15, 0.2) is 5.17 Å². The number of carbonyl (C=O) groups is 2. The molecule has 3 aromatic carbocycles. The van der Waals surface area contributed by atoms with Gasteiger partial charge < -0.3 is 10.1 Å². The van der Waals surface area contributed by atoms with Crippen LogP contribution in [0.4, 0.5) is 11.4 Å². The average molecular weight is 514 g/mol. The second-order valence-corrected chi connectivity index (χ2v) is 9.43. The number of ether oxygens (including phenoxy) is 1. The van der Waals surface area contributed by atoms with E-state index in [1.54, 1.807) is 66.6 Å². The molecule has 0 radical (unpaired) electrons. The van der Waals surface area contributed by atoms with Crippen molar-refractivity contribution in [3.05, 3.63) is 88.4 Å². The summed E-state index contributed by atoms with van der Waals surface area (Å²) in [4.78, 5) is 32.5. The predicted octanol–water partition coefficient (Wildman–Crippen LogP) is 6.16. The quantitative estimate of drug-likeness (QED) is 0.428. The zero-order valence-corrected chi connectivity index (χ0v) is 20.5. The van der Waals surface area contributed by atoms with Gasteiger partial charge in [-0.25, -0.2) is 4.99 Å². The Bertz CT molecular complexity index is 1230. The summed E-state index contributed by atoms with van der Waals surface area (Å²) >= 11 is 13.8. The summed E-state index contributed by atoms with van der Waals surface area (Å²) in [6.07, 6.45) is 0.0209. The van der Waals surface area contributed by atoms with E-state index in [2.05, 4.69) is 10.3 Å². The maximum Gasteiger partial charge on any atom is 0.238 e. The molecule has 174 valence electrons. The Balaban J connectivity index is 1.62. The van der Waals surface area contributed by atoms with E-state index in [1.807, 2.05) is 18.2 Å². The lowest BCUT2D eigenvalue weighted by Gasteiger charge is -2.32. The largest absolute Gasteiger partial charge is 0.497 e. The first-order chi connectivity index (χ1) is 16.4. The smallest absolute Gasteiger partial charge is 0.238 e. The molecule has 1 aliphatic heterocycles. The summed E-state index contributed by atoms with van der Waals surface area (Å²) in [5.41, 5.74) is 1.92. The second-order valence-electron chi connectivity index (χ2n) is 7.44. The number of carbonyl (C=O) groups excluding carboxylic acids is 2. The summed E-state index contributed by atoms with van der Waals surface area (Å²) < 4.78 is 5.21. The van der Waals surface area contributed by atoms with Crippen LogP contribution < -0.4 is 10.1 Å². The minimum Gasteiger partial charge on any atom is -0.497 e. The Hall–Kier alpha value is -3.00. The standard InChI is InChI=1S/C25H21Cl2N3O3S/c1-33-18-12-10-17(11-13-18)28-25-30(15-16-6-2-3-7-19(16)26)23(31)14-22(34-25)24(32)29-21-9-5-4-8-20(21)27/h2-13,22H,14-15H2,1H3,(H,29,32)/t22-/m1/s1. The van der Waals surface area contributed by atoms with Crippen LogP contribution in [0.25, 0.3) is 0 Å².